The molecule has 0 aliphatic heterocycles. The van der Waals surface area contributed by atoms with Crippen LogP contribution in [0, 0.1) is 17.5 Å². The van der Waals surface area contributed by atoms with Crippen molar-refractivity contribution >= 4 is 15.9 Å². The second kappa shape index (κ2) is 9.82. The first-order chi connectivity index (χ1) is 17.2. The van der Waals surface area contributed by atoms with E-state index in [4.69, 9.17) is 4.74 Å². The highest BCUT2D eigenvalue weighted by atomic mass is 32.2. The molecule has 4 aromatic rings. The highest BCUT2D eigenvalue weighted by molar-refractivity contribution is 7.91. The summed E-state index contributed by atoms with van der Waals surface area (Å²) in [4.78, 5) is 14.0. The molecule has 8 nitrogen and oxygen atoms in total. The summed E-state index contributed by atoms with van der Waals surface area (Å²) >= 11 is 0. The number of nitrogens with one attached hydrogen (secondary N) is 1. The van der Waals surface area contributed by atoms with Crippen molar-refractivity contribution in [2.75, 3.05) is 7.05 Å². The molecule has 186 valence electrons. The summed E-state index contributed by atoms with van der Waals surface area (Å²) in [5, 5.41) is 6.52. The van der Waals surface area contributed by atoms with Crippen molar-refractivity contribution in [3.8, 4) is 28.1 Å². The van der Waals surface area contributed by atoms with Gasteiger partial charge in [0, 0.05) is 37.7 Å². The van der Waals surface area contributed by atoms with E-state index in [0.29, 0.717) is 29.8 Å². The van der Waals surface area contributed by atoms with Crippen LogP contribution in [0.4, 0.5) is 18.0 Å². The van der Waals surface area contributed by atoms with E-state index in [1.165, 1.54) is 24.1 Å². The summed E-state index contributed by atoms with van der Waals surface area (Å²) < 4.78 is 77.8. The largest absolute Gasteiger partial charge is 0.412 e. The van der Waals surface area contributed by atoms with Crippen molar-refractivity contribution in [1.82, 2.24) is 20.1 Å². The van der Waals surface area contributed by atoms with Gasteiger partial charge in [-0.05, 0) is 55.0 Å². The van der Waals surface area contributed by atoms with Crippen molar-refractivity contribution < 1.29 is 31.1 Å². The van der Waals surface area contributed by atoms with Gasteiger partial charge in [0.2, 0.25) is 9.84 Å². The summed E-state index contributed by atoms with van der Waals surface area (Å²) in [6, 6.07) is 7.04. The van der Waals surface area contributed by atoms with Gasteiger partial charge >= 0.3 is 6.09 Å². The van der Waals surface area contributed by atoms with E-state index in [1.807, 2.05) is 0 Å². The minimum Gasteiger partial charge on any atom is -0.407 e. The van der Waals surface area contributed by atoms with Gasteiger partial charge in [-0.15, -0.1) is 0 Å². The SMILES string of the molecule is CCn1cc(-c2ccncc2)c(-c2c(S(=O)(=O)c3cc(F)ccc3F)ccc(OC(=O)NC)c2F)n1. The lowest BCUT2D eigenvalue weighted by molar-refractivity contribution is 0.201. The number of halogens is 3. The molecular weight excluding hydrogens is 497 g/mol. The Labute approximate surface area is 204 Å². The molecule has 0 atom stereocenters. The number of amides is 1. The number of aryl methyl sites for hydroxylation is 1. The summed E-state index contributed by atoms with van der Waals surface area (Å²) in [6.07, 6.45) is 3.56. The number of nitrogens with zero attached hydrogens (tertiary/aromatic N) is 3. The molecule has 0 aliphatic carbocycles. The molecule has 0 bridgehead atoms. The lowest BCUT2D eigenvalue weighted by Crippen LogP contribution is -2.22. The molecule has 2 heterocycles. The number of carbonyl (C=O) groups excluding carboxylic acids is 1. The Balaban J connectivity index is 2.07. The monoisotopic (exact) mass is 516 g/mol. The van der Waals surface area contributed by atoms with Crippen molar-refractivity contribution in [3.63, 3.8) is 0 Å². The van der Waals surface area contributed by atoms with Crippen molar-refractivity contribution in [2.45, 2.75) is 23.3 Å². The number of carbonyl (C=O) groups is 1. The number of rotatable bonds is 6. The molecular formula is C24H19F3N4O4S. The molecule has 0 radical (unpaired) electrons. The minimum absolute atomic E-state index is 0.113. The van der Waals surface area contributed by atoms with Gasteiger partial charge in [-0.3, -0.25) is 9.67 Å². The van der Waals surface area contributed by atoms with Crippen LogP contribution in [0.25, 0.3) is 22.4 Å². The van der Waals surface area contributed by atoms with Crippen LogP contribution >= 0.6 is 0 Å². The van der Waals surface area contributed by atoms with Crippen LogP contribution in [0.5, 0.6) is 5.75 Å². The zero-order chi connectivity index (χ0) is 26.0. The Kier molecular flexibility index (Phi) is 6.80. The van der Waals surface area contributed by atoms with Crippen LogP contribution in [0.2, 0.25) is 0 Å². The van der Waals surface area contributed by atoms with Crippen molar-refractivity contribution in [1.29, 1.82) is 0 Å². The maximum atomic E-state index is 16.0. The fourth-order valence-electron chi connectivity index (χ4n) is 3.53. The first kappa shape index (κ1) is 24.9. The predicted molar refractivity (Wildman–Crippen MR) is 123 cm³/mol. The van der Waals surface area contributed by atoms with Gasteiger partial charge < -0.3 is 10.1 Å². The molecule has 0 fully saturated rings. The van der Waals surface area contributed by atoms with Gasteiger partial charge in [0.05, 0.1) is 10.5 Å². The molecule has 2 aromatic carbocycles. The number of aromatic nitrogens is 3. The third-order valence-electron chi connectivity index (χ3n) is 5.26. The van der Waals surface area contributed by atoms with Crippen LogP contribution in [-0.4, -0.2) is 36.3 Å². The lowest BCUT2D eigenvalue weighted by Gasteiger charge is -2.15. The Morgan fingerprint density at radius 1 is 1.06 bits per heavy atom. The molecule has 0 unspecified atom stereocenters. The summed E-state index contributed by atoms with van der Waals surface area (Å²) in [7, 11) is -3.55. The van der Waals surface area contributed by atoms with Gasteiger partial charge in [0.15, 0.2) is 11.6 Å². The van der Waals surface area contributed by atoms with Crippen LogP contribution in [0.3, 0.4) is 0 Å². The Morgan fingerprint density at radius 3 is 2.44 bits per heavy atom. The number of ether oxygens (including phenoxy) is 1. The second-order valence-electron chi connectivity index (χ2n) is 7.45. The topological polar surface area (TPSA) is 103 Å². The Hall–Kier alpha value is -4.19. The average molecular weight is 517 g/mol. The van der Waals surface area contributed by atoms with E-state index in [9.17, 15) is 22.0 Å². The lowest BCUT2D eigenvalue weighted by atomic mass is 10.0. The molecule has 12 heteroatoms. The van der Waals surface area contributed by atoms with Crippen molar-refractivity contribution in [3.05, 3.63) is 78.5 Å². The van der Waals surface area contributed by atoms with Gasteiger partial charge in [0.25, 0.3) is 0 Å². The van der Waals surface area contributed by atoms with Crippen LogP contribution in [0.15, 0.2) is 70.8 Å². The van der Waals surface area contributed by atoms with E-state index < -0.39 is 54.5 Å². The first-order valence-corrected chi connectivity index (χ1v) is 12.1. The van der Waals surface area contributed by atoms with Crippen LogP contribution in [-0.2, 0) is 16.4 Å². The standard InChI is InChI=1S/C24H19F3N4O4S/c1-3-31-13-16(14-8-10-29-11-9-14)23(30-31)21-19(7-6-18(22(21)27)35-24(32)28-2)36(33,34)20-12-15(25)4-5-17(20)26/h4-13H,3H2,1-2H3,(H,28,32). The van der Waals surface area contributed by atoms with E-state index in [0.717, 1.165) is 18.2 Å². The van der Waals surface area contributed by atoms with Gasteiger partial charge in [-0.1, -0.05) is 0 Å². The zero-order valence-corrected chi connectivity index (χ0v) is 19.8. The third kappa shape index (κ3) is 4.54. The molecule has 0 saturated heterocycles. The van der Waals surface area contributed by atoms with Crippen LogP contribution < -0.4 is 10.1 Å². The Morgan fingerprint density at radius 2 is 1.78 bits per heavy atom. The summed E-state index contributed by atoms with van der Waals surface area (Å²) in [6.45, 7) is 2.13. The summed E-state index contributed by atoms with van der Waals surface area (Å²) in [5.41, 5.74) is 0.195. The average Bonchev–Trinajstić information content (AvgIpc) is 3.31. The highest BCUT2D eigenvalue weighted by Gasteiger charge is 2.32. The van der Waals surface area contributed by atoms with E-state index >= 15 is 4.39 Å². The first-order valence-electron chi connectivity index (χ1n) is 10.6. The normalized spacial score (nSPS) is 11.4. The Bertz CT molecular complexity index is 1560. The molecule has 4 rings (SSSR count). The molecule has 0 saturated carbocycles. The number of pyridine rings is 1. The smallest absolute Gasteiger partial charge is 0.407 e. The maximum Gasteiger partial charge on any atom is 0.412 e. The third-order valence-corrected chi connectivity index (χ3v) is 7.07. The minimum atomic E-state index is -4.81. The van der Waals surface area contributed by atoms with Gasteiger partial charge in [0.1, 0.15) is 22.2 Å². The highest BCUT2D eigenvalue weighted by Crippen LogP contribution is 2.41. The van der Waals surface area contributed by atoms with Crippen molar-refractivity contribution in [2.24, 2.45) is 0 Å². The second-order valence-corrected chi connectivity index (χ2v) is 9.34. The fourth-order valence-corrected chi connectivity index (χ4v) is 5.06. The zero-order valence-electron chi connectivity index (χ0n) is 19.0. The molecule has 36 heavy (non-hydrogen) atoms. The van der Waals surface area contributed by atoms with Crippen LogP contribution in [0.1, 0.15) is 6.92 Å². The number of hydrogen-bond acceptors (Lipinski definition) is 6. The summed E-state index contributed by atoms with van der Waals surface area (Å²) in [5.74, 6) is -4.03. The molecule has 2 aromatic heterocycles. The molecule has 1 amide bonds. The number of sulfone groups is 1. The van der Waals surface area contributed by atoms with E-state index in [1.54, 1.807) is 25.3 Å². The van der Waals surface area contributed by atoms with Gasteiger partial charge in [-0.25, -0.2) is 26.4 Å². The number of benzene rings is 2. The molecule has 0 spiro atoms. The predicted octanol–water partition coefficient (Wildman–Crippen LogP) is 4.60. The quantitative estimate of drug-likeness (QED) is 0.402. The fraction of sp³-hybridized carbons (Fsp3) is 0.125. The molecule has 1 N–H and O–H groups in total. The molecule has 0 aliphatic rings. The van der Waals surface area contributed by atoms with Gasteiger partial charge in [-0.2, -0.15) is 5.10 Å². The van der Waals surface area contributed by atoms with E-state index in [-0.39, 0.29) is 5.69 Å². The maximum absolute atomic E-state index is 16.0. The number of hydrogen-bond donors (Lipinski definition) is 1. The van der Waals surface area contributed by atoms with E-state index in [2.05, 4.69) is 15.4 Å².